The van der Waals surface area contributed by atoms with Crippen molar-refractivity contribution >= 4 is 23.5 Å². The molecule has 1 aromatic rings. The number of carbonyl (C=O) groups excluding carboxylic acids is 2. The Hall–Kier alpha value is -1.33. The van der Waals surface area contributed by atoms with Crippen LogP contribution in [-0.2, 0) is 16.0 Å². The maximum atomic E-state index is 10.8. The Morgan fingerprint density at radius 1 is 1.29 bits per heavy atom. The average molecular weight is 252 g/mol. The van der Waals surface area contributed by atoms with Gasteiger partial charge in [0, 0.05) is 4.90 Å². The molecule has 5 heteroatoms. The Labute approximate surface area is 105 Å². The highest BCUT2D eigenvalue weighted by Crippen LogP contribution is 2.18. The molecule has 0 aliphatic carbocycles. The first-order valence-corrected chi connectivity index (χ1v) is 6.23. The zero-order valence-electron chi connectivity index (χ0n) is 9.68. The Bertz CT molecular complexity index is 403. The molecule has 0 fully saturated rings. The molecule has 4 N–H and O–H groups in total. The molecule has 17 heavy (non-hydrogen) atoms. The van der Waals surface area contributed by atoms with E-state index >= 15 is 0 Å². The number of primary amides is 1. The van der Waals surface area contributed by atoms with Gasteiger partial charge in [-0.3, -0.25) is 9.59 Å². The summed E-state index contributed by atoms with van der Waals surface area (Å²) in [6.45, 7) is 1.56. The maximum absolute atomic E-state index is 10.8. The number of benzene rings is 1. The molecule has 1 atom stereocenters. The minimum atomic E-state index is -0.647. The molecular formula is C12H16N2O2S. The number of nitrogens with two attached hydrogens (primary N) is 2. The predicted molar refractivity (Wildman–Crippen MR) is 68.7 cm³/mol. The lowest BCUT2D eigenvalue weighted by atomic mass is 10.1. The largest absolute Gasteiger partial charge is 0.368 e. The molecular weight excluding hydrogens is 236 g/mol. The van der Waals surface area contributed by atoms with Crippen LogP contribution in [0.2, 0.25) is 0 Å². The van der Waals surface area contributed by atoms with E-state index in [2.05, 4.69) is 0 Å². The molecule has 1 unspecified atom stereocenters. The summed E-state index contributed by atoms with van der Waals surface area (Å²) in [5.41, 5.74) is 11.6. The minimum Gasteiger partial charge on any atom is -0.368 e. The molecule has 0 bridgehead atoms. The van der Waals surface area contributed by atoms with Gasteiger partial charge >= 0.3 is 0 Å². The van der Waals surface area contributed by atoms with E-state index in [1.165, 1.54) is 11.8 Å². The zero-order chi connectivity index (χ0) is 12.8. The van der Waals surface area contributed by atoms with Crippen LogP contribution in [0.15, 0.2) is 29.2 Å². The normalized spacial score (nSPS) is 12.1. The summed E-state index contributed by atoms with van der Waals surface area (Å²) >= 11 is 1.49. The van der Waals surface area contributed by atoms with Gasteiger partial charge in [0.1, 0.15) is 5.78 Å². The smallest absolute Gasteiger partial charge is 0.234 e. The van der Waals surface area contributed by atoms with E-state index in [9.17, 15) is 9.59 Å². The fourth-order valence-corrected chi connectivity index (χ4v) is 1.96. The molecule has 0 aliphatic heterocycles. The Kier molecular flexibility index (Phi) is 5.18. The molecule has 4 nitrogen and oxygen atoms in total. The van der Waals surface area contributed by atoms with Crippen molar-refractivity contribution in [2.75, 3.05) is 5.75 Å². The average Bonchev–Trinajstić information content (AvgIpc) is 2.28. The second-order valence-corrected chi connectivity index (χ2v) is 4.90. The summed E-state index contributed by atoms with van der Waals surface area (Å²) in [7, 11) is 0. The first-order chi connectivity index (χ1) is 7.99. The van der Waals surface area contributed by atoms with Crippen LogP contribution >= 0.6 is 11.8 Å². The van der Waals surface area contributed by atoms with E-state index in [1.807, 2.05) is 24.3 Å². The van der Waals surface area contributed by atoms with Gasteiger partial charge in [-0.05, 0) is 31.0 Å². The van der Waals surface area contributed by atoms with Crippen LogP contribution in [0.3, 0.4) is 0 Å². The fraction of sp³-hybridized carbons (Fsp3) is 0.333. The number of hydrogen-bond acceptors (Lipinski definition) is 4. The second-order valence-electron chi connectivity index (χ2n) is 3.85. The van der Waals surface area contributed by atoms with E-state index < -0.39 is 11.9 Å². The molecule has 92 valence electrons. The molecule has 1 amide bonds. The van der Waals surface area contributed by atoms with Crippen molar-refractivity contribution in [3.05, 3.63) is 29.8 Å². The Balaban J connectivity index is 2.55. The van der Waals surface area contributed by atoms with Gasteiger partial charge in [-0.25, -0.2) is 0 Å². The molecule has 0 aliphatic rings. The van der Waals surface area contributed by atoms with E-state index in [0.717, 1.165) is 10.5 Å². The van der Waals surface area contributed by atoms with Crippen LogP contribution in [0, 0.1) is 0 Å². The highest BCUT2D eigenvalue weighted by Gasteiger charge is 2.09. The number of hydrogen-bond donors (Lipinski definition) is 2. The van der Waals surface area contributed by atoms with Crippen LogP contribution in [-0.4, -0.2) is 23.5 Å². The number of carbonyl (C=O) groups is 2. The van der Waals surface area contributed by atoms with Crippen molar-refractivity contribution in [2.45, 2.75) is 24.3 Å². The van der Waals surface area contributed by atoms with Crippen molar-refractivity contribution in [1.82, 2.24) is 0 Å². The van der Waals surface area contributed by atoms with Crippen LogP contribution in [0.25, 0.3) is 0 Å². The van der Waals surface area contributed by atoms with Crippen LogP contribution in [0.5, 0.6) is 0 Å². The van der Waals surface area contributed by atoms with Crippen LogP contribution in [0.1, 0.15) is 12.5 Å². The minimum absolute atomic E-state index is 0.148. The fourth-order valence-electron chi connectivity index (χ4n) is 1.26. The van der Waals surface area contributed by atoms with Gasteiger partial charge in [0.05, 0.1) is 11.8 Å². The van der Waals surface area contributed by atoms with E-state index in [1.54, 1.807) is 6.92 Å². The lowest BCUT2D eigenvalue weighted by Crippen LogP contribution is -2.38. The molecule has 1 aromatic carbocycles. The van der Waals surface area contributed by atoms with Gasteiger partial charge in [-0.2, -0.15) is 0 Å². The predicted octanol–water partition coefficient (Wildman–Crippen LogP) is 0.723. The lowest BCUT2D eigenvalue weighted by molar-refractivity contribution is -0.119. The quantitative estimate of drug-likeness (QED) is 0.730. The monoisotopic (exact) mass is 252 g/mol. The summed E-state index contributed by atoms with van der Waals surface area (Å²) in [6.07, 6.45) is 0.437. The van der Waals surface area contributed by atoms with E-state index in [-0.39, 0.29) is 5.78 Å². The van der Waals surface area contributed by atoms with Crippen molar-refractivity contribution in [3.8, 4) is 0 Å². The zero-order valence-corrected chi connectivity index (χ0v) is 10.5. The molecule has 0 heterocycles. The van der Waals surface area contributed by atoms with Gasteiger partial charge in [-0.1, -0.05) is 12.1 Å². The van der Waals surface area contributed by atoms with Gasteiger partial charge in [0.15, 0.2) is 0 Å². The lowest BCUT2D eigenvalue weighted by Gasteiger charge is -2.07. The third kappa shape index (κ3) is 5.01. The van der Waals surface area contributed by atoms with Crippen LogP contribution < -0.4 is 11.5 Å². The number of rotatable bonds is 6. The molecule has 1 rings (SSSR count). The van der Waals surface area contributed by atoms with Gasteiger partial charge < -0.3 is 11.5 Å². The highest BCUT2D eigenvalue weighted by atomic mass is 32.2. The summed E-state index contributed by atoms with van der Waals surface area (Å²) in [6, 6.07) is 6.97. The Morgan fingerprint density at radius 2 is 1.88 bits per heavy atom. The van der Waals surface area contributed by atoms with Crippen molar-refractivity contribution in [1.29, 1.82) is 0 Å². The summed E-state index contributed by atoms with van der Waals surface area (Å²) in [5.74, 6) is 0.120. The van der Waals surface area contributed by atoms with Gasteiger partial charge in [-0.15, -0.1) is 11.8 Å². The standard InChI is InChI=1S/C12H16N2O2S/c1-8(15)7-17-10-4-2-9(3-5-10)6-11(13)12(14)16/h2-5,11H,6-7,13H2,1H3,(H2,14,16). The van der Waals surface area contributed by atoms with Crippen molar-refractivity contribution in [3.63, 3.8) is 0 Å². The summed E-state index contributed by atoms with van der Waals surface area (Å²) in [4.78, 5) is 22.6. The third-order valence-corrected chi connectivity index (χ3v) is 3.34. The molecule has 0 radical (unpaired) electrons. The van der Waals surface area contributed by atoms with Gasteiger partial charge in [0.2, 0.25) is 5.91 Å². The third-order valence-electron chi connectivity index (χ3n) is 2.19. The number of amides is 1. The van der Waals surface area contributed by atoms with E-state index in [0.29, 0.717) is 12.2 Å². The van der Waals surface area contributed by atoms with Gasteiger partial charge in [0.25, 0.3) is 0 Å². The summed E-state index contributed by atoms with van der Waals surface area (Å²) < 4.78 is 0. The number of ketones is 1. The number of Topliss-reactive ketones (excluding diaryl/α,β-unsaturated/α-hetero) is 1. The molecule has 0 aromatic heterocycles. The van der Waals surface area contributed by atoms with E-state index in [4.69, 9.17) is 11.5 Å². The van der Waals surface area contributed by atoms with Crippen LogP contribution in [0.4, 0.5) is 0 Å². The first-order valence-electron chi connectivity index (χ1n) is 5.25. The summed E-state index contributed by atoms with van der Waals surface area (Å²) in [5, 5.41) is 0. The maximum Gasteiger partial charge on any atom is 0.234 e. The highest BCUT2D eigenvalue weighted by molar-refractivity contribution is 8.00. The Morgan fingerprint density at radius 3 is 2.35 bits per heavy atom. The molecule has 0 spiro atoms. The molecule has 0 saturated heterocycles. The van der Waals surface area contributed by atoms with Crippen molar-refractivity contribution in [2.24, 2.45) is 11.5 Å². The second kappa shape index (κ2) is 6.42. The first kappa shape index (κ1) is 13.7. The number of thioether (sulfide) groups is 1. The van der Waals surface area contributed by atoms with Crippen molar-refractivity contribution < 1.29 is 9.59 Å². The topological polar surface area (TPSA) is 86.2 Å². The SMILES string of the molecule is CC(=O)CSc1ccc(CC(N)C(N)=O)cc1. The molecule has 0 saturated carbocycles.